The van der Waals surface area contributed by atoms with Gasteiger partial charge >= 0.3 is 0 Å². The number of amides is 9. The van der Waals surface area contributed by atoms with Crippen molar-refractivity contribution in [2.75, 3.05) is 75.9 Å². The number of hydrogen-bond acceptors (Lipinski definition) is 17. The van der Waals surface area contributed by atoms with Crippen molar-refractivity contribution in [2.45, 2.75) is 108 Å². The lowest BCUT2D eigenvalue weighted by atomic mass is 10.1. The molecule has 0 spiro atoms. The summed E-state index contributed by atoms with van der Waals surface area (Å²) in [5, 5.41) is 22.0. The van der Waals surface area contributed by atoms with Gasteiger partial charge in [0.2, 0.25) is 29.5 Å². The molecule has 84 heavy (non-hydrogen) atoms. The summed E-state index contributed by atoms with van der Waals surface area (Å²) in [5.74, 6) is -5.24. The highest BCUT2D eigenvalue weighted by Gasteiger charge is 2.29. The van der Waals surface area contributed by atoms with Crippen molar-refractivity contribution >= 4 is 75.9 Å². The quantitative estimate of drug-likeness (QED) is 0.0291. The van der Waals surface area contributed by atoms with Crippen molar-refractivity contribution in [2.24, 2.45) is 28.7 Å². The number of carbonyl (C=O) groups is 9. The van der Waals surface area contributed by atoms with Crippen LogP contribution in [0, 0.1) is 0 Å². The second-order valence-corrected chi connectivity index (χ2v) is 19.5. The summed E-state index contributed by atoms with van der Waals surface area (Å²) in [6.45, 7) is 2.68. The maximum atomic E-state index is 14.3. The molecule has 0 saturated carbocycles. The topological polar surface area (TPSA) is 417 Å². The molecule has 0 fully saturated rings. The third-order valence-corrected chi connectivity index (χ3v) is 13.2. The summed E-state index contributed by atoms with van der Waals surface area (Å²) >= 11 is 0. The van der Waals surface area contributed by atoms with Crippen molar-refractivity contribution in [3.63, 3.8) is 0 Å². The molecule has 0 saturated heterocycles. The summed E-state index contributed by atoms with van der Waals surface area (Å²) in [5.41, 5.74) is 29.1. The van der Waals surface area contributed by atoms with E-state index in [0.29, 0.717) is 84.0 Å². The number of unbranched alkanes of at least 4 members (excludes halogenated alkanes) is 4. The SMILES string of the molecule is COc1ccc(NC(=O)[C@H](CCCCN)NC(=O)c2cc(NC(=O)[C@H](CCCCN)NC(=O)c3cc(NC(=O)[C@H](CCCCN)NC(=O)c4cc(NC(=O)[C@H](CCCCN)NC(C)=O)ccc4OC)ccc3OC)ccc2OC)cc1C(N)=O. The Labute approximate surface area is 488 Å². The molecule has 0 aromatic heterocycles. The van der Waals surface area contributed by atoms with E-state index >= 15 is 0 Å². The lowest BCUT2D eigenvalue weighted by Gasteiger charge is -2.22. The highest BCUT2D eigenvalue weighted by atomic mass is 16.5. The molecule has 0 unspecified atom stereocenters. The van der Waals surface area contributed by atoms with E-state index in [1.54, 1.807) is 0 Å². The molecule has 0 bridgehead atoms. The fourth-order valence-corrected chi connectivity index (χ4v) is 8.79. The first-order chi connectivity index (χ1) is 40.3. The monoisotopic (exact) mass is 1170 g/mol. The Hall–Kier alpha value is -8.85. The van der Waals surface area contributed by atoms with Gasteiger partial charge in [0.1, 0.15) is 47.2 Å². The van der Waals surface area contributed by atoms with Gasteiger partial charge in [0.05, 0.1) is 50.7 Å². The zero-order valence-electron chi connectivity index (χ0n) is 48.2. The van der Waals surface area contributed by atoms with Crippen LogP contribution in [0.3, 0.4) is 0 Å². The van der Waals surface area contributed by atoms with Gasteiger partial charge in [-0.05, 0) is 176 Å². The minimum Gasteiger partial charge on any atom is -0.496 e. The van der Waals surface area contributed by atoms with Crippen LogP contribution in [0.25, 0.3) is 0 Å². The smallest absolute Gasteiger partial charge is 0.255 e. The molecular weight excluding hydrogens is 1090 g/mol. The zero-order valence-corrected chi connectivity index (χ0v) is 48.2. The molecule has 4 rings (SSSR count). The molecule has 0 aliphatic rings. The van der Waals surface area contributed by atoms with Gasteiger partial charge in [-0.15, -0.1) is 0 Å². The molecule has 0 radical (unpaired) electrons. The lowest BCUT2D eigenvalue weighted by molar-refractivity contribution is -0.125. The van der Waals surface area contributed by atoms with Gasteiger partial charge in [-0.25, -0.2) is 0 Å². The molecule has 4 aromatic rings. The number of methoxy groups -OCH3 is 4. The van der Waals surface area contributed by atoms with Crippen LogP contribution in [0.2, 0.25) is 0 Å². The second kappa shape index (κ2) is 35.2. The Morgan fingerprint density at radius 3 is 0.833 bits per heavy atom. The number of ether oxygens (including phenoxy) is 4. The Kier molecular flexibility index (Phi) is 28.4. The number of rotatable bonds is 36. The third-order valence-electron chi connectivity index (χ3n) is 13.2. The second-order valence-electron chi connectivity index (χ2n) is 19.5. The van der Waals surface area contributed by atoms with Crippen LogP contribution in [0.5, 0.6) is 23.0 Å². The van der Waals surface area contributed by atoms with E-state index in [-0.39, 0.29) is 87.3 Å². The van der Waals surface area contributed by atoms with Crippen LogP contribution in [0.15, 0.2) is 72.8 Å². The summed E-state index contributed by atoms with van der Waals surface area (Å²) in [6.07, 6.45) is 4.94. The summed E-state index contributed by atoms with van der Waals surface area (Å²) in [6, 6.07) is 13.0. The van der Waals surface area contributed by atoms with Crippen LogP contribution < -0.4 is 90.2 Å². The number of carbonyl (C=O) groups excluding carboxylic acids is 9. The zero-order chi connectivity index (χ0) is 61.7. The van der Waals surface area contributed by atoms with E-state index < -0.39 is 77.3 Å². The maximum absolute atomic E-state index is 14.3. The predicted octanol–water partition coefficient (Wildman–Crippen LogP) is 2.99. The summed E-state index contributed by atoms with van der Waals surface area (Å²) in [7, 11) is 5.41. The number of anilines is 4. The molecule has 26 nitrogen and oxygen atoms in total. The standard InChI is InChI=1S/C58H81N13O13/c1-34(72)64-43(14-6-10-26-59)55(77)66-36-19-23-48(82-3)40(31-36)52(74)70-45(16-8-12-28-61)57(79)68-38-21-25-50(84-5)42(33-38)54(76)71-46(17-9-13-29-62)58(80)67-37-20-24-49(83-4)41(32-37)53(75)69-44(15-7-11-27-60)56(78)65-35-18-22-47(81-2)39(30-35)51(63)73/h18-25,30-33,43-46H,6-17,26-29,59-62H2,1-5H3,(H2,63,73)(H,64,72)(H,65,78)(H,66,77)(H,67,80)(H,68,79)(H,69,75)(H,70,74)(H,71,76)/t43-,44-,45-,46-/m0/s1. The van der Waals surface area contributed by atoms with Crippen LogP contribution in [0.1, 0.15) is 125 Å². The Morgan fingerprint density at radius 1 is 0.369 bits per heavy atom. The Morgan fingerprint density at radius 2 is 0.607 bits per heavy atom. The predicted molar refractivity (Wildman–Crippen MR) is 318 cm³/mol. The normalized spacial score (nSPS) is 12.2. The van der Waals surface area contributed by atoms with E-state index in [0.717, 1.165) is 0 Å². The number of nitrogens with one attached hydrogen (secondary N) is 8. The van der Waals surface area contributed by atoms with Crippen molar-refractivity contribution in [1.29, 1.82) is 0 Å². The molecular formula is C58H81N13O13. The van der Waals surface area contributed by atoms with Gasteiger partial charge in [0.15, 0.2) is 0 Å². The fourth-order valence-electron chi connectivity index (χ4n) is 8.79. The van der Waals surface area contributed by atoms with Gasteiger partial charge in [-0.3, -0.25) is 43.2 Å². The molecule has 456 valence electrons. The van der Waals surface area contributed by atoms with Gasteiger partial charge < -0.3 is 90.2 Å². The number of nitrogens with two attached hydrogens (primary N) is 5. The van der Waals surface area contributed by atoms with Crippen LogP contribution in [-0.2, 0) is 24.0 Å². The molecule has 4 atom stereocenters. The van der Waals surface area contributed by atoms with Gasteiger partial charge in [-0.1, -0.05) is 0 Å². The van der Waals surface area contributed by atoms with Crippen LogP contribution >= 0.6 is 0 Å². The number of primary amides is 1. The van der Waals surface area contributed by atoms with E-state index in [4.69, 9.17) is 47.6 Å². The van der Waals surface area contributed by atoms with E-state index in [1.807, 2.05) is 0 Å². The molecule has 0 aliphatic carbocycles. The molecule has 26 heteroatoms. The number of benzene rings is 4. The van der Waals surface area contributed by atoms with Gasteiger partial charge in [0, 0.05) is 29.7 Å². The molecule has 18 N–H and O–H groups in total. The van der Waals surface area contributed by atoms with Crippen molar-refractivity contribution in [3.05, 3.63) is 95.1 Å². The number of hydrogen-bond donors (Lipinski definition) is 13. The summed E-state index contributed by atoms with van der Waals surface area (Å²) in [4.78, 5) is 122. The molecule has 4 aromatic carbocycles. The van der Waals surface area contributed by atoms with Crippen LogP contribution in [0.4, 0.5) is 22.7 Å². The maximum Gasteiger partial charge on any atom is 0.255 e. The highest BCUT2D eigenvalue weighted by molar-refractivity contribution is 6.08. The summed E-state index contributed by atoms with van der Waals surface area (Å²) < 4.78 is 21.7. The van der Waals surface area contributed by atoms with Gasteiger partial charge in [0.25, 0.3) is 23.6 Å². The first-order valence-corrected chi connectivity index (χ1v) is 27.6. The minimum absolute atomic E-state index is 0.00689. The molecule has 9 amide bonds. The van der Waals surface area contributed by atoms with Crippen molar-refractivity contribution < 1.29 is 62.1 Å². The molecule has 0 aliphatic heterocycles. The lowest BCUT2D eigenvalue weighted by Crippen LogP contribution is -2.44. The van der Waals surface area contributed by atoms with Crippen molar-refractivity contribution in [3.8, 4) is 23.0 Å². The fraction of sp³-hybridized carbons (Fsp3) is 0.431. The Balaban J connectivity index is 1.56. The largest absolute Gasteiger partial charge is 0.496 e. The first kappa shape index (κ1) is 67.7. The first-order valence-electron chi connectivity index (χ1n) is 27.6. The van der Waals surface area contributed by atoms with Gasteiger partial charge in [-0.2, -0.15) is 0 Å². The van der Waals surface area contributed by atoms with E-state index in [1.165, 1.54) is 108 Å². The highest BCUT2D eigenvalue weighted by Crippen LogP contribution is 2.28. The van der Waals surface area contributed by atoms with E-state index in [9.17, 15) is 43.2 Å². The van der Waals surface area contributed by atoms with Crippen LogP contribution in [-0.4, -0.2) is 132 Å². The Bertz CT molecular complexity index is 2920. The average Bonchev–Trinajstić information content (AvgIpc) is 3.56. The third kappa shape index (κ3) is 20.8. The van der Waals surface area contributed by atoms with E-state index in [2.05, 4.69) is 42.5 Å². The minimum atomic E-state index is -1.18. The van der Waals surface area contributed by atoms with Crippen molar-refractivity contribution in [1.82, 2.24) is 21.3 Å². The molecule has 0 heterocycles. The average molecular weight is 1170 g/mol.